The largest absolute Gasteiger partial charge is 0.426 e. The van der Waals surface area contributed by atoms with Gasteiger partial charge < -0.3 is 4.74 Å². The van der Waals surface area contributed by atoms with Crippen LogP contribution in [0.4, 0.5) is 0 Å². The predicted octanol–water partition coefficient (Wildman–Crippen LogP) is 4.42. The fourth-order valence-electron chi connectivity index (χ4n) is 3.30. The molecule has 20 heavy (non-hydrogen) atoms. The molecule has 0 amide bonds. The maximum absolute atomic E-state index is 11.5. The van der Waals surface area contributed by atoms with Crippen LogP contribution in [0.15, 0.2) is 0 Å². The van der Waals surface area contributed by atoms with E-state index in [4.69, 9.17) is 4.74 Å². The first kappa shape index (κ1) is 16.7. The van der Waals surface area contributed by atoms with Crippen LogP contribution in [0, 0.1) is 0 Å². The van der Waals surface area contributed by atoms with Gasteiger partial charge in [-0.3, -0.25) is 4.79 Å². The Labute approximate surface area is 123 Å². The minimum atomic E-state index is -0.220. The van der Waals surface area contributed by atoms with Gasteiger partial charge in [-0.15, -0.1) is 0 Å². The number of benzene rings is 1. The van der Waals surface area contributed by atoms with Gasteiger partial charge in [0.25, 0.3) is 0 Å². The van der Waals surface area contributed by atoms with Crippen LogP contribution in [0.5, 0.6) is 5.75 Å². The molecule has 0 saturated heterocycles. The average Bonchev–Trinajstić information content (AvgIpc) is 2.44. The molecule has 0 atom stereocenters. The Bertz CT molecular complexity index is 454. The molecule has 0 spiro atoms. The maximum Gasteiger partial charge on any atom is 0.308 e. The minimum absolute atomic E-state index is 0.220. The second-order valence-electron chi connectivity index (χ2n) is 5.08. The highest BCUT2D eigenvalue weighted by Crippen LogP contribution is 2.36. The molecule has 1 rings (SSSR count). The highest BCUT2D eigenvalue weighted by Gasteiger charge is 2.21. The molecule has 0 aliphatic rings. The summed E-state index contributed by atoms with van der Waals surface area (Å²) in [6, 6.07) is 0. The summed E-state index contributed by atoms with van der Waals surface area (Å²) in [5.41, 5.74) is 6.71. The van der Waals surface area contributed by atoms with E-state index < -0.39 is 0 Å². The van der Waals surface area contributed by atoms with Crippen molar-refractivity contribution in [2.75, 3.05) is 0 Å². The highest BCUT2D eigenvalue weighted by molar-refractivity contribution is 5.72. The lowest BCUT2D eigenvalue weighted by Crippen LogP contribution is -2.13. The lowest BCUT2D eigenvalue weighted by Gasteiger charge is -2.24. The standard InChI is InChI=1S/C18H28O2/c1-7-13-14(8-2)16(10-4)18(20-12(6)19)17(11-5)15(13)9-3/h7-11H2,1-6H3. The Morgan fingerprint density at radius 1 is 0.700 bits per heavy atom. The molecule has 112 valence electrons. The quantitative estimate of drug-likeness (QED) is 0.568. The smallest absolute Gasteiger partial charge is 0.308 e. The predicted molar refractivity (Wildman–Crippen MR) is 84.6 cm³/mol. The van der Waals surface area contributed by atoms with Crippen molar-refractivity contribution in [3.05, 3.63) is 27.8 Å². The van der Waals surface area contributed by atoms with Gasteiger partial charge in [-0.05, 0) is 59.9 Å². The van der Waals surface area contributed by atoms with Gasteiger partial charge in [0.05, 0.1) is 0 Å². The third-order valence-electron chi connectivity index (χ3n) is 4.02. The molecule has 0 unspecified atom stereocenters. The molecule has 0 heterocycles. The van der Waals surface area contributed by atoms with Crippen molar-refractivity contribution in [3.63, 3.8) is 0 Å². The second kappa shape index (κ2) is 7.47. The molecule has 2 heteroatoms. The Kier molecular flexibility index (Phi) is 6.25. The molecule has 0 aliphatic carbocycles. The first-order valence-electron chi connectivity index (χ1n) is 7.92. The van der Waals surface area contributed by atoms with Gasteiger partial charge in [0, 0.05) is 6.92 Å². The van der Waals surface area contributed by atoms with E-state index in [2.05, 4.69) is 34.6 Å². The van der Waals surface area contributed by atoms with E-state index in [1.807, 2.05) is 0 Å². The summed E-state index contributed by atoms with van der Waals surface area (Å²) < 4.78 is 5.60. The molecule has 0 aliphatic heterocycles. The van der Waals surface area contributed by atoms with Crippen LogP contribution in [-0.2, 0) is 36.9 Å². The van der Waals surface area contributed by atoms with Crippen LogP contribution in [0.25, 0.3) is 0 Å². The molecule has 2 nitrogen and oxygen atoms in total. The van der Waals surface area contributed by atoms with Crippen molar-refractivity contribution in [2.24, 2.45) is 0 Å². The van der Waals surface area contributed by atoms with E-state index in [1.54, 1.807) is 0 Å². The second-order valence-corrected chi connectivity index (χ2v) is 5.08. The molecule has 0 N–H and O–H groups in total. The summed E-state index contributed by atoms with van der Waals surface area (Å²) in [5.74, 6) is 0.621. The zero-order chi connectivity index (χ0) is 15.3. The molecule has 0 fully saturated rings. The summed E-state index contributed by atoms with van der Waals surface area (Å²) in [5, 5.41) is 0. The van der Waals surface area contributed by atoms with Gasteiger partial charge in [0.1, 0.15) is 5.75 Å². The molecule has 0 saturated carbocycles. The van der Waals surface area contributed by atoms with Gasteiger partial charge in [0.15, 0.2) is 0 Å². The van der Waals surface area contributed by atoms with Crippen molar-refractivity contribution in [3.8, 4) is 5.75 Å². The van der Waals surface area contributed by atoms with Crippen molar-refractivity contribution < 1.29 is 9.53 Å². The van der Waals surface area contributed by atoms with Gasteiger partial charge in [-0.2, -0.15) is 0 Å². The normalized spacial score (nSPS) is 10.7. The first-order chi connectivity index (χ1) is 9.55. The lowest BCUT2D eigenvalue weighted by atomic mass is 9.85. The van der Waals surface area contributed by atoms with E-state index in [1.165, 1.54) is 34.7 Å². The van der Waals surface area contributed by atoms with Crippen LogP contribution in [0.1, 0.15) is 69.4 Å². The number of hydrogen-bond acceptors (Lipinski definition) is 2. The van der Waals surface area contributed by atoms with Gasteiger partial charge in [-0.1, -0.05) is 34.6 Å². The van der Waals surface area contributed by atoms with Crippen molar-refractivity contribution in [2.45, 2.75) is 73.6 Å². The van der Waals surface area contributed by atoms with Crippen LogP contribution in [-0.4, -0.2) is 5.97 Å². The summed E-state index contributed by atoms with van der Waals surface area (Å²) >= 11 is 0. The van der Waals surface area contributed by atoms with E-state index >= 15 is 0 Å². The Hall–Kier alpha value is -1.31. The fraction of sp³-hybridized carbons (Fsp3) is 0.611. The van der Waals surface area contributed by atoms with Crippen molar-refractivity contribution in [1.29, 1.82) is 0 Å². The number of carbonyl (C=O) groups excluding carboxylic acids is 1. The van der Waals surface area contributed by atoms with Crippen LogP contribution in [0.2, 0.25) is 0 Å². The average molecular weight is 276 g/mol. The van der Waals surface area contributed by atoms with E-state index in [0.717, 1.165) is 37.9 Å². The SMILES string of the molecule is CCc1c(CC)c(CC)c(OC(C)=O)c(CC)c1CC. The summed E-state index contributed by atoms with van der Waals surface area (Å²) in [6.45, 7) is 12.4. The molecular weight excluding hydrogens is 248 g/mol. The van der Waals surface area contributed by atoms with E-state index in [-0.39, 0.29) is 5.97 Å². The van der Waals surface area contributed by atoms with Crippen LogP contribution < -0.4 is 4.74 Å². The summed E-state index contributed by atoms with van der Waals surface area (Å²) in [4.78, 5) is 11.5. The van der Waals surface area contributed by atoms with Crippen LogP contribution in [0.3, 0.4) is 0 Å². The molecule has 0 bridgehead atoms. The molecule has 1 aromatic carbocycles. The lowest BCUT2D eigenvalue weighted by molar-refractivity contribution is -0.132. The number of rotatable bonds is 6. The van der Waals surface area contributed by atoms with Crippen LogP contribution >= 0.6 is 0 Å². The van der Waals surface area contributed by atoms with Gasteiger partial charge in [0.2, 0.25) is 0 Å². The Morgan fingerprint density at radius 2 is 1.00 bits per heavy atom. The monoisotopic (exact) mass is 276 g/mol. The van der Waals surface area contributed by atoms with E-state index in [0.29, 0.717) is 0 Å². The van der Waals surface area contributed by atoms with Crippen molar-refractivity contribution in [1.82, 2.24) is 0 Å². The molecule has 1 aromatic rings. The Morgan fingerprint density at radius 3 is 1.25 bits per heavy atom. The number of ether oxygens (including phenoxy) is 1. The number of hydrogen-bond donors (Lipinski definition) is 0. The third kappa shape index (κ3) is 3.05. The van der Waals surface area contributed by atoms with Gasteiger partial charge >= 0.3 is 5.97 Å². The summed E-state index contributed by atoms with van der Waals surface area (Å²) in [7, 11) is 0. The molecule has 0 radical (unpaired) electrons. The zero-order valence-corrected chi connectivity index (χ0v) is 13.9. The topological polar surface area (TPSA) is 26.3 Å². The zero-order valence-electron chi connectivity index (χ0n) is 13.9. The summed E-state index contributed by atoms with van der Waals surface area (Å²) in [6.07, 6.45) is 4.87. The number of carbonyl (C=O) groups is 1. The maximum atomic E-state index is 11.5. The van der Waals surface area contributed by atoms with E-state index in [9.17, 15) is 4.79 Å². The molecular formula is C18H28O2. The third-order valence-corrected chi connectivity index (χ3v) is 4.02. The molecule has 0 aromatic heterocycles. The minimum Gasteiger partial charge on any atom is -0.426 e. The van der Waals surface area contributed by atoms with Crippen molar-refractivity contribution >= 4 is 5.97 Å². The fourth-order valence-corrected chi connectivity index (χ4v) is 3.30. The Balaban J connectivity index is 3.74. The number of esters is 1. The first-order valence-corrected chi connectivity index (χ1v) is 7.92. The van der Waals surface area contributed by atoms with Gasteiger partial charge in [-0.25, -0.2) is 0 Å². The highest BCUT2D eigenvalue weighted by atomic mass is 16.5.